The molecule has 1 saturated heterocycles. The first-order chi connectivity index (χ1) is 19.3. The lowest BCUT2D eigenvalue weighted by atomic mass is 9.92. The highest BCUT2D eigenvalue weighted by atomic mass is 16.5. The summed E-state index contributed by atoms with van der Waals surface area (Å²) in [6.45, 7) is 10.1. The molecular formula is C31H36N6O3. The second-order valence-corrected chi connectivity index (χ2v) is 10.9. The van der Waals surface area contributed by atoms with Gasteiger partial charge in [0, 0.05) is 42.2 Å². The van der Waals surface area contributed by atoms with Crippen LogP contribution in [0.5, 0.6) is 17.2 Å². The molecule has 0 bridgehead atoms. The maximum atomic E-state index is 13.0. The summed E-state index contributed by atoms with van der Waals surface area (Å²) in [5.41, 5.74) is 2.10. The molecule has 5 rings (SSSR count). The summed E-state index contributed by atoms with van der Waals surface area (Å²) in [6.07, 6.45) is 5.87. The molecule has 2 aromatic heterocycles. The summed E-state index contributed by atoms with van der Waals surface area (Å²) in [6, 6.07) is 20.1. The molecule has 1 aliphatic rings. The van der Waals surface area contributed by atoms with Crippen LogP contribution in [0.2, 0.25) is 0 Å². The normalized spacial score (nSPS) is 13.7. The Balaban J connectivity index is 1.27. The zero-order valence-electron chi connectivity index (χ0n) is 23.3. The SMILES string of the molecule is CC(C)(C)c1cc(NC(=O)Nc2ccc(Oc3ccncc3)cc2)n(-c2cccc(OCCN3CCCC3)c2)n1. The van der Waals surface area contributed by atoms with E-state index in [1.807, 2.05) is 30.3 Å². The van der Waals surface area contributed by atoms with E-state index in [1.54, 1.807) is 53.5 Å². The Morgan fingerprint density at radius 2 is 1.62 bits per heavy atom. The highest BCUT2D eigenvalue weighted by Crippen LogP contribution is 2.28. The lowest BCUT2D eigenvalue weighted by Gasteiger charge is -2.16. The first kappa shape index (κ1) is 27.2. The molecule has 4 aromatic rings. The number of urea groups is 1. The molecule has 2 N–H and O–H groups in total. The van der Waals surface area contributed by atoms with Crippen LogP contribution in [0.15, 0.2) is 79.1 Å². The van der Waals surface area contributed by atoms with Gasteiger partial charge in [0.1, 0.15) is 29.7 Å². The van der Waals surface area contributed by atoms with E-state index in [4.69, 9.17) is 14.6 Å². The Morgan fingerprint density at radius 1 is 0.900 bits per heavy atom. The van der Waals surface area contributed by atoms with Gasteiger partial charge in [-0.05, 0) is 74.5 Å². The van der Waals surface area contributed by atoms with Gasteiger partial charge in [-0.25, -0.2) is 9.48 Å². The summed E-state index contributed by atoms with van der Waals surface area (Å²) >= 11 is 0. The maximum absolute atomic E-state index is 13.0. The fraction of sp³-hybridized carbons (Fsp3) is 0.323. The van der Waals surface area contributed by atoms with Gasteiger partial charge in [-0.15, -0.1) is 0 Å². The number of rotatable bonds is 9. The van der Waals surface area contributed by atoms with Gasteiger partial charge in [0.15, 0.2) is 0 Å². The van der Waals surface area contributed by atoms with Crippen LogP contribution in [0.1, 0.15) is 39.3 Å². The van der Waals surface area contributed by atoms with Gasteiger partial charge in [-0.1, -0.05) is 26.8 Å². The van der Waals surface area contributed by atoms with E-state index in [0.29, 0.717) is 29.6 Å². The summed E-state index contributed by atoms with van der Waals surface area (Å²) in [5, 5.41) is 10.7. The van der Waals surface area contributed by atoms with Crippen molar-refractivity contribution in [2.45, 2.75) is 39.0 Å². The number of aromatic nitrogens is 3. The van der Waals surface area contributed by atoms with Crippen LogP contribution in [-0.4, -0.2) is 51.9 Å². The van der Waals surface area contributed by atoms with Gasteiger partial charge in [0.2, 0.25) is 0 Å². The van der Waals surface area contributed by atoms with Crippen molar-refractivity contribution in [3.63, 3.8) is 0 Å². The number of hydrogen-bond acceptors (Lipinski definition) is 6. The van der Waals surface area contributed by atoms with E-state index in [-0.39, 0.29) is 11.4 Å². The number of likely N-dealkylation sites (tertiary alicyclic amines) is 1. The Bertz CT molecular complexity index is 1410. The van der Waals surface area contributed by atoms with E-state index in [9.17, 15) is 4.79 Å². The Kier molecular flexibility index (Phi) is 8.31. The van der Waals surface area contributed by atoms with E-state index < -0.39 is 0 Å². The van der Waals surface area contributed by atoms with Crippen molar-refractivity contribution >= 4 is 17.5 Å². The predicted octanol–water partition coefficient (Wildman–Crippen LogP) is 6.48. The first-order valence-electron chi connectivity index (χ1n) is 13.7. The van der Waals surface area contributed by atoms with Crippen LogP contribution in [-0.2, 0) is 5.41 Å². The minimum atomic E-state index is -0.373. The number of ether oxygens (including phenoxy) is 2. The predicted molar refractivity (Wildman–Crippen MR) is 157 cm³/mol. The Labute approximate surface area is 235 Å². The van der Waals surface area contributed by atoms with Crippen molar-refractivity contribution in [2.75, 3.05) is 36.9 Å². The number of hydrogen-bond donors (Lipinski definition) is 2. The molecular weight excluding hydrogens is 504 g/mol. The second-order valence-electron chi connectivity index (χ2n) is 10.9. The number of anilines is 2. The first-order valence-corrected chi connectivity index (χ1v) is 13.7. The van der Waals surface area contributed by atoms with Gasteiger partial charge >= 0.3 is 6.03 Å². The minimum Gasteiger partial charge on any atom is -0.492 e. The van der Waals surface area contributed by atoms with E-state index in [0.717, 1.165) is 36.8 Å². The lowest BCUT2D eigenvalue weighted by Crippen LogP contribution is -2.25. The zero-order chi connectivity index (χ0) is 28.0. The molecule has 9 nitrogen and oxygen atoms in total. The van der Waals surface area contributed by atoms with Gasteiger partial charge in [-0.3, -0.25) is 15.2 Å². The largest absolute Gasteiger partial charge is 0.492 e. The van der Waals surface area contributed by atoms with Crippen molar-refractivity contribution in [1.82, 2.24) is 19.7 Å². The van der Waals surface area contributed by atoms with Crippen LogP contribution in [0.4, 0.5) is 16.3 Å². The summed E-state index contributed by atoms with van der Waals surface area (Å²) in [5.74, 6) is 2.69. The fourth-order valence-corrected chi connectivity index (χ4v) is 4.46. The van der Waals surface area contributed by atoms with Crippen molar-refractivity contribution in [1.29, 1.82) is 0 Å². The van der Waals surface area contributed by atoms with Crippen molar-refractivity contribution in [2.24, 2.45) is 0 Å². The van der Waals surface area contributed by atoms with Crippen LogP contribution in [0, 0.1) is 0 Å². The van der Waals surface area contributed by atoms with Crippen molar-refractivity contribution < 1.29 is 14.3 Å². The molecule has 0 aliphatic carbocycles. The Morgan fingerprint density at radius 3 is 2.35 bits per heavy atom. The summed E-state index contributed by atoms with van der Waals surface area (Å²) < 4.78 is 13.6. The summed E-state index contributed by atoms with van der Waals surface area (Å²) in [7, 11) is 0. The third-order valence-corrected chi connectivity index (χ3v) is 6.65. The molecule has 3 heterocycles. The third kappa shape index (κ3) is 7.18. The topological polar surface area (TPSA) is 93.5 Å². The van der Waals surface area contributed by atoms with Crippen LogP contribution < -0.4 is 20.1 Å². The number of nitrogens with zero attached hydrogens (tertiary/aromatic N) is 4. The molecule has 9 heteroatoms. The fourth-order valence-electron chi connectivity index (χ4n) is 4.46. The number of pyridine rings is 1. The average molecular weight is 541 g/mol. The van der Waals surface area contributed by atoms with Crippen LogP contribution in [0.25, 0.3) is 5.69 Å². The number of nitrogens with one attached hydrogen (secondary N) is 2. The maximum Gasteiger partial charge on any atom is 0.324 e. The molecule has 0 saturated carbocycles. The van der Waals surface area contributed by atoms with E-state index >= 15 is 0 Å². The Hall–Kier alpha value is -4.37. The quantitative estimate of drug-likeness (QED) is 0.253. The number of carbonyl (C=O) groups excluding carboxylic acids is 1. The van der Waals surface area contributed by atoms with Gasteiger partial charge in [-0.2, -0.15) is 5.10 Å². The van der Waals surface area contributed by atoms with E-state index in [2.05, 4.69) is 41.3 Å². The number of amides is 2. The lowest BCUT2D eigenvalue weighted by molar-refractivity contribution is 0.238. The molecule has 1 fully saturated rings. The summed E-state index contributed by atoms with van der Waals surface area (Å²) in [4.78, 5) is 19.4. The average Bonchev–Trinajstić information content (AvgIpc) is 3.61. The zero-order valence-corrected chi connectivity index (χ0v) is 23.3. The van der Waals surface area contributed by atoms with Crippen molar-refractivity contribution in [3.8, 4) is 22.9 Å². The molecule has 0 unspecified atom stereocenters. The number of carbonyl (C=O) groups is 1. The molecule has 208 valence electrons. The standard InChI is InChI=1S/C31H36N6O3/c1-31(2,3)28-22-29(34-30(38)33-23-9-11-25(12-10-23)40-26-13-15-32-16-14-26)37(35-28)24-7-6-8-27(21-24)39-20-19-36-17-4-5-18-36/h6-16,21-22H,4-5,17-20H2,1-3H3,(H2,33,34,38). The van der Waals surface area contributed by atoms with Crippen LogP contribution in [0.3, 0.4) is 0 Å². The smallest absolute Gasteiger partial charge is 0.324 e. The molecule has 2 amide bonds. The molecule has 40 heavy (non-hydrogen) atoms. The molecule has 1 aliphatic heterocycles. The molecule has 0 radical (unpaired) electrons. The second kappa shape index (κ2) is 12.2. The third-order valence-electron chi connectivity index (χ3n) is 6.65. The molecule has 0 spiro atoms. The van der Waals surface area contributed by atoms with Crippen molar-refractivity contribution in [3.05, 3.63) is 84.8 Å². The minimum absolute atomic E-state index is 0.202. The molecule has 2 aromatic carbocycles. The number of benzene rings is 2. The highest BCUT2D eigenvalue weighted by Gasteiger charge is 2.22. The highest BCUT2D eigenvalue weighted by molar-refractivity contribution is 5.99. The van der Waals surface area contributed by atoms with Gasteiger partial charge in [0.05, 0.1) is 11.4 Å². The van der Waals surface area contributed by atoms with Gasteiger partial charge < -0.3 is 14.8 Å². The monoisotopic (exact) mass is 540 g/mol. The van der Waals surface area contributed by atoms with E-state index in [1.165, 1.54) is 12.8 Å². The van der Waals surface area contributed by atoms with Crippen LogP contribution >= 0.6 is 0 Å². The molecule has 0 atom stereocenters. The van der Waals surface area contributed by atoms with Gasteiger partial charge in [0.25, 0.3) is 0 Å².